The van der Waals surface area contributed by atoms with E-state index in [0.717, 1.165) is 24.0 Å². The van der Waals surface area contributed by atoms with Gasteiger partial charge in [0.05, 0.1) is 7.11 Å². The third-order valence-electron chi connectivity index (χ3n) is 4.01. The van der Waals surface area contributed by atoms with Crippen LogP contribution in [0.3, 0.4) is 0 Å². The molecule has 112 valence electrons. The minimum Gasteiger partial charge on any atom is -0.504 e. The number of rotatable bonds is 4. The second-order valence-electron chi connectivity index (χ2n) is 5.47. The molecule has 0 amide bonds. The summed E-state index contributed by atoms with van der Waals surface area (Å²) >= 11 is 0. The van der Waals surface area contributed by atoms with Crippen molar-refractivity contribution in [2.24, 2.45) is 0 Å². The summed E-state index contributed by atoms with van der Waals surface area (Å²) in [5.74, 6) is 0.460. The molecule has 0 saturated carbocycles. The Morgan fingerprint density at radius 1 is 1.14 bits per heavy atom. The second-order valence-corrected chi connectivity index (χ2v) is 5.47. The summed E-state index contributed by atoms with van der Waals surface area (Å²) in [7, 11) is 1.50. The van der Waals surface area contributed by atoms with Gasteiger partial charge in [-0.1, -0.05) is 24.3 Å². The lowest BCUT2D eigenvalue weighted by Gasteiger charge is -2.04. The first-order valence-electron chi connectivity index (χ1n) is 7.38. The van der Waals surface area contributed by atoms with Gasteiger partial charge in [0.1, 0.15) is 0 Å². The maximum absolute atomic E-state index is 12.3. The fourth-order valence-corrected chi connectivity index (χ4v) is 2.80. The summed E-state index contributed by atoms with van der Waals surface area (Å²) in [5, 5.41) is 9.74. The van der Waals surface area contributed by atoms with Crippen LogP contribution < -0.4 is 4.74 Å². The lowest BCUT2D eigenvalue weighted by atomic mass is 10.0. The maximum Gasteiger partial charge on any atom is 0.185 e. The van der Waals surface area contributed by atoms with Gasteiger partial charge < -0.3 is 9.84 Å². The summed E-state index contributed by atoms with van der Waals surface area (Å²) < 4.78 is 5.00. The second kappa shape index (κ2) is 6.06. The molecule has 2 aromatic carbocycles. The van der Waals surface area contributed by atoms with Gasteiger partial charge in [0.15, 0.2) is 17.3 Å². The van der Waals surface area contributed by atoms with Crippen molar-refractivity contribution in [1.82, 2.24) is 0 Å². The van der Waals surface area contributed by atoms with Crippen LogP contribution in [0, 0.1) is 0 Å². The van der Waals surface area contributed by atoms with Gasteiger partial charge in [0, 0.05) is 5.56 Å². The monoisotopic (exact) mass is 294 g/mol. The van der Waals surface area contributed by atoms with Gasteiger partial charge >= 0.3 is 0 Å². The number of hydrogen-bond donors (Lipinski definition) is 1. The molecule has 0 bridgehead atoms. The van der Waals surface area contributed by atoms with E-state index >= 15 is 0 Å². The summed E-state index contributed by atoms with van der Waals surface area (Å²) in [4.78, 5) is 12.3. The molecule has 3 nitrogen and oxygen atoms in total. The number of aryl methyl sites for hydroxylation is 2. The lowest BCUT2D eigenvalue weighted by Crippen LogP contribution is -1.96. The van der Waals surface area contributed by atoms with E-state index in [4.69, 9.17) is 4.74 Å². The van der Waals surface area contributed by atoms with Crippen molar-refractivity contribution in [2.75, 3.05) is 7.11 Å². The van der Waals surface area contributed by atoms with E-state index in [1.165, 1.54) is 30.7 Å². The number of aromatic hydroxyl groups is 1. The number of phenols is 1. The molecule has 0 fully saturated rings. The Hall–Kier alpha value is -2.55. The third kappa shape index (κ3) is 2.89. The molecule has 0 aromatic heterocycles. The Morgan fingerprint density at radius 2 is 1.95 bits per heavy atom. The quantitative estimate of drug-likeness (QED) is 0.689. The Bertz CT molecular complexity index is 744. The molecular weight excluding hydrogens is 276 g/mol. The molecule has 22 heavy (non-hydrogen) atoms. The molecule has 0 unspecified atom stereocenters. The van der Waals surface area contributed by atoms with Crippen molar-refractivity contribution in [1.29, 1.82) is 0 Å². The molecule has 0 radical (unpaired) electrons. The molecule has 3 rings (SSSR count). The van der Waals surface area contributed by atoms with Crippen molar-refractivity contribution in [3.05, 3.63) is 64.7 Å². The highest BCUT2D eigenvalue weighted by Gasteiger charge is 2.12. The SMILES string of the molecule is COc1ccc(/C=C\C(=O)c2ccc3c(c2)CCC3)cc1O. The fraction of sp³-hybridized carbons (Fsp3) is 0.211. The number of benzene rings is 2. The smallest absolute Gasteiger partial charge is 0.185 e. The number of fused-ring (bicyclic) bond motifs is 1. The highest BCUT2D eigenvalue weighted by atomic mass is 16.5. The fourth-order valence-electron chi connectivity index (χ4n) is 2.80. The highest BCUT2D eigenvalue weighted by molar-refractivity contribution is 6.07. The maximum atomic E-state index is 12.3. The third-order valence-corrected chi connectivity index (χ3v) is 4.01. The number of hydrogen-bond acceptors (Lipinski definition) is 3. The average molecular weight is 294 g/mol. The predicted molar refractivity (Wildman–Crippen MR) is 86.5 cm³/mol. The van der Waals surface area contributed by atoms with E-state index in [1.807, 2.05) is 12.1 Å². The zero-order valence-electron chi connectivity index (χ0n) is 12.5. The molecule has 0 saturated heterocycles. The van der Waals surface area contributed by atoms with Crippen molar-refractivity contribution in [3.63, 3.8) is 0 Å². The van der Waals surface area contributed by atoms with Crippen molar-refractivity contribution in [3.8, 4) is 11.5 Å². The van der Waals surface area contributed by atoms with Crippen LogP contribution in [0.15, 0.2) is 42.5 Å². The molecule has 3 heteroatoms. The van der Waals surface area contributed by atoms with Crippen LogP contribution in [0.4, 0.5) is 0 Å². The van der Waals surface area contributed by atoms with Gasteiger partial charge in [-0.05, 0) is 60.2 Å². The first-order valence-corrected chi connectivity index (χ1v) is 7.38. The largest absolute Gasteiger partial charge is 0.504 e. The molecule has 0 atom stereocenters. The van der Waals surface area contributed by atoms with Crippen LogP contribution in [0.1, 0.15) is 33.5 Å². The zero-order chi connectivity index (χ0) is 15.5. The van der Waals surface area contributed by atoms with Gasteiger partial charge in [0.2, 0.25) is 0 Å². The Balaban J connectivity index is 1.77. The first-order chi connectivity index (χ1) is 10.7. The minimum atomic E-state index is -0.0231. The van der Waals surface area contributed by atoms with Gasteiger partial charge in [-0.3, -0.25) is 4.79 Å². The van der Waals surface area contributed by atoms with Crippen LogP contribution in [0.25, 0.3) is 6.08 Å². The summed E-state index contributed by atoms with van der Waals surface area (Å²) in [6, 6.07) is 11.0. The number of carbonyl (C=O) groups is 1. The summed E-state index contributed by atoms with van der Waals surface area (Å²) in [6.45, 7) is 0. The van der Waals surface area contributed by atoms with E-state index in [-0.39, 0.29) is 11.5 Å². The van der Waals surface area contributed by atoms with Crippen molar-refractivity contribution in [2.45, 2.75) is 19.3 Å². The van der Waals surface area contributed by atoms with E-state index in [1.54, 1.807) is 24.3 Å². The minimum absolute atomic E-state index is 0.0231. The van der Waals surface area contributed by atoms with E-state index in [0.29, 0.717) is 5.75 Å². The van der Waals surface area contributed by atoms with E-state index < -0.39 is 0 Å². The van der Waals surface area contributed by atoms with Gasteiger partial charge in [-0.2, -0.15) is 0 Å². The van der Waals surface area contributed by atoms with Gasteiger partial charge in [-0.15, -0.1) is 0 Å². The standard InChI is InChI=1S/C19H18O3/c1-22-19-10-6-13(11-18(19)21)5-9-17(20)16-8-7-14-3-2-4-15(14)12-16/h5-12,21H,2-4H2,1H3/b9-5-. The van der Waals surface area contributed by atoms with Gasteiger partial charge in [0.25, 0.3) is 0 Å². The molecule has 1 N–H and O–H groups in total. The normalized spacial score (nSPS) is 13.3. The molecule has 1 aliphatic carbocycles. The Kier molecular flexibility index (Phi) is 3.96. The number of carbonyl (C=O) groups excluding carboxylic acids is 1. The zero-order valence-corrected chi connectivity index (χ0v) is 12.5. The number of ether oxygens (including phenoxy) is 1. The molecule has 1 aliphatic rings. The number of methoxy groups -OCH3 is 1. The number of phenolic OH excluding ortho intramolecular Hbond substituents is 1. The lowest BCUT2D eigenvalue weighted by molar-refractivity contribution is 0.104. The number of allylic oxidation sites excluding steroid dienone is 1. The van der Waals surface area contributed by atoms with Crippen LogP contribution in [-0.4, -0.2) is 18.0 Å². The number of ketones is 1. The topological polar surface area (TPSA) is 46.5 Å². The van der Waals surface area contributed by atoms with Crippen LogP contribution in [0.2, 0.25) is 0 Å². The van der Waals surface area contributed by atoms with E-state index in [2.05, 4.69) is 6.07 Å². The van der Waals surface area contributed by atoms with Crippen LogP contribution >= 0.6 is 0 Å². The van der Waals surface area contributed by atoms with Crippen molar-refractivity contribution >= 4 is 11.9 Å². The Morgan fingerprint density at radius 3 is 2.73 bits per heavy atom. The predicted octanol–water partition coefficient (Wildman–Crippen LogP) is 3.79. The van der Waals surface area contributed by atoms with Crippen LogP contribution in [-0.2, 0) is 12.8 Å². The van der Waals surface area contributed by atoms with Crippen molar-refractivity contribution < 1.29 is 14.6 Å². The molecule has 2 aromatic rings. The molecule has 0 aliphatic heterocycles. The van der Waals surface area contributed by atoms with E-state index in [9.17, 15) is 9.90 Å². The molecule has 0 spiro atoms. The van der Waals surface area contributed by atoms with Crippen LogP contribution in [0.5, 0.6) is 11.5 Å². The summed E-state index contributed by atoms with van der Waals surface area (Å²) in [5.41, 5.74) is 4.13. The summed E-state index contributed by atoms with van der Waals surface area (Å²) in [6.07, 6.45) is 6.60. The highest BCUT2D eigenvalue weighted by Crippen LogP contribution is 2.27. The molecular formula is C19H18O3. The molecule has 0 heterocycles. The average Bonchev–Trinajstić information content (AvgIpc) is 3.00. The Labute approximate surface area is 129 Å². The van der Waals surface area contributed by atoms with Gasteiger partial charge in [-0.25, -0.2) is 0 Å². The first kappa shape index (κ1) is 14.4.